The molecule has 94 valence electrons. The number of aromatic nitrogens is 2. The second-order valence-electron chi connectivity index (χ2n) is 4.14. The topological polar surface area (TPSA) is 72.9 Å². The fourth-order valence-corrected chi connectivity index (χ4v) is 1.85. The third kappa shape index (κ3) is 2.34. The molecule has 0 bridgehead atoms. The third-order valence-corrected chi connectivity index (χ3v) is 2.98. The highest BCUT2D eigenvalue weighted by Gasteiger charge is 2.08. The highest BCUT2D eigenvalue weighted by molar-refractivity contribution is 5.95. The number of nitrogens with one attached hydrogen (secondary N) is 1. The predicted octanol–water partition coefficient (Wildman–Crippen LogP) is 1.44. The summed E-state index contributed by atoms with van der Waals surface area (Å²) in [5, 5.41) is 7.38. The van der Waals surface area contributed by atoms with Crippen molar-refractivity contribution in [1.82, 2.24) is 9.78 Å². The largest absolute Gasteiger partial charge is 0.379 e. The SMILES string of the molecule is Cc1c(NCc2ccnn2C)cccc1C(N)=O. The number of benzene rings is 1. The van der Waals surface area contributed by atoms with Gasteiger partial charge in [0.15, 0.2) is 0 Å². The quantitative estimate of drug-likeness (QED) is 0.854. The van der Waals surface area contributed by atoms with E-state index in [9.17, 15) is 4.79 Å². The molecule has 0 saturated heterocycles. The second-order valence-corrected chi connectivity index (χ2v) is 4.14. The van der Waals surface area contributed by atoms with Crippen molar-refractivity contribution in [2.45, 2.75) is 13.5 Å². The van der Waals surface area contributed by atoms with Crippen molar-refractivity contribution >= 4 is 11.6 Å². The molecule has 1 heterocycles. The Kier molecular flexibility index (Phi) is 3.32. The molecule has 0 fully saturated rings. The third-order valence-electron chi connectivity index (χ3n) is 2.98. The standard InChI is InChI=1S/C13H16N4O/c1-9-11(13(14)18)4-3-5-12(9)15-8-10-6-7-16-17(10)2/h3-7,15H,8H2,1-2H3,(H2,14,18). The maximum Gasteiger partial charge on any atom is 0.249 e. The van der Waals surface area contributed by atoms with E-state index in [1.54, 1.807) is 16.9 Å². The first kappa shape index (κ1) is 12.2. The van der Waals surface area contributed by atoms with Crippen molar-refractivity contribution < 1.29 is 4.79 Å². The first-order chi connectivity index (χ1) is 8.59. The lowest BCUT2D eigenvalue weighted by Crippen LogP contribution is -2.14. The van der Waals surface area contributed by atoms with Crippen molar-refractivity contribution in [2.24, 2.45) is 12.8 Å². The van der Waals surface area contributed by atoms with Gasteiger partial charge < -0.3 is 11.1 Å². The van der Waals surface area contributed by atoms with Crippen LogP contribution in [0.25, 0.3) is 0 Å². The molecule has 0 spiro atoms. The molecule has 0 aliphatic rings. The lowest BCUT2D eigenvalue weighted by Gasteiger charge is -2.11. The molecule has 18 heavy (non-hydrogen) atoms. The number of carbonyl (C=O) groups excluding carboxylic acids is 1. The number of anilines is 1. The molecule has 1 aromatic heterocycles. The van der Waals surface area contributed by atoms with Crippen LogP contribution in [0, 0.1) is 6.92 Å². The van der Waals surface area contributed by atoms with Crippen LogP contribution in [0.5, 0.6) is 0 Å². The molecular formula is C13H16N4O. The number of hydrogen-bond donors (Lipinski definition) is 2. The van der Waals surface area contributed by atoms with E-state index in [4.69, 9.17) is 5.73 Å². The Morgan fingerprint density at radius 2 is 2.22 bits per heavy atom. The van der Waals surface area contributed by atoms with Crippen molar-refractivity contribution in [1.29, 1.82) is 0 Å². The molecule has 0 saturated carbocycles. The summed E-state index contributed by atoms with van der Waals surface area (Å²) in [6.45, 7) is 2.53. The average Bonchev–Trinajstić information content (AvgIpc) is 2.73. The maximum absolute atomic E-state index is 11.2. The van der Waals surface area contributed by atoms with Crippen molar-refractivity contribution in [3.63, 3.8) is 0 Å². The van der Waals surface area contributed by atoms with E-state index in [0.29, 0.717) is 12.1 Å². The molecule has 2 rings (SSSR count). The molecule has 0 atom stereocenters. The summed E-state index contributed by atoms with van der Waals surface area (Å²) in [4.78, 5) is 11.2. The highest BCUT2D eigenvalue weighted by atomic mass is 16.1. The van der Waals surface area contributed by atoms with Crippen LogP contribution >= 0.6 is 0 Å². The van der Waals surface area contributed by atoms with Gasteiger partial charge in [-0.15, -0.1) is 0 Å². The van der Waals surface area contributed by atoms with Gasteiger partial charge in [-0.25, -0.2) is 0 Å². The highest BCUT2D eigenvalue weighted by Crippen LogP contribution is 2.19. The molecule has 0 aliphatic carbocycles. The smallest absolute Gasteiger partial charge is 0.249 e. The molecule has 1 aromatic carbocycles. The number of hydrogen-bond acceptors (Lipinski definition) is 3. The molecule has 3 N–H and O–H groups in total. The molecule has 5 heteroatoms. The fraction of sp³-hybridized carbons (Fsp3) is 0.231. The maximum atomic E-state index is 11.2. The van der Waals surface area contributed by atoms with Gasteiger partial charge in [0.25, 0.3) is 0 Å². The molecule has 1 amide bonds. The summed E-state index contributed by atoms with van der Waals surface area (Å²) in [5.41, 5.74) is 8.71. The summed E-state index contributed by atoms with van der Waals surface area (Å²) >= 11 is 0. The Bertz CT molecular complexity index is 574. The number of aryl methyl sites for hydroxylation is 1. The summed E-state index contributed by atoms with van der Waals surface area (Å²) in [6, 6.07) is 7.42. The van der Waals surface area contributed by atoms with Gasteiger partial charge in [-0.3, -0.25) is 9.48 Å². The number of rotatable bonds is 4. The Morgan fingerprint density at radius 3 is 2.83 bits per heavy atom. The zero-order chi connectivity index (χ0) is 13.1. The molecule has 0 radical (unpaired) electrons. The van der Waals surface area contributed by atoms with Crippen LogP contribution in [0.15, 0.2) is 30.5 Å². The Hall–Kier alpha value is -2.30. The van der Waals surface area contributed by atoms with Crippen molar-refractivity contribution in [3.05, 3.63) is 47.3 Å². The van der Waals surface area contributed by atoms with Crippen LogP contribution in [0.2, 0.25) is 0 Å². The summed E-state index contributed by atoms with van der Waals surface area (Å²) < 4.78 is 1.81. The minimum Gasteiger partial charge on any atom is -0.379 e. The molecule has 0 unspecified atom stereocenters. The van der Waals surface area contributed by atoms with Gasteiger partial charge >= 0.3 is 0 Å². The fourth-order valence-electron chi connectivity index (χ4n) is 1.85. The number of nitrogens with zero attached hydrogens (tertiary/aromatic N) is 2. The van der Waals surface area contributed by atoms with Crippen molar-refractivity contribution in [3.8, 4) is 0 Å². The van der Waals surface area contributed by atoms with E-state index in [0.717, 1.165) is 16.9 Å². The average molecular weight is 244 g/mol. The van der Waals surface area contributed by atoms with E-state index in [2.05, 4.69) is 10.4 Å². The monoisotopic (exact) mass is 244 g/mol. The lowest BCUT2D eigenvalue weighted by molar-refractivity contribution is 0.1000. The number of nitrogens with two attached hydrogens (primary N) is 1. The van der Waals surface area contributed by atoms with Crippen LogP contribution in [-0.2, 0) is 13.6 Å². The molecule has 0 aliphatic heterocycles. The molecule has 5 nitrogen and oxygen atoms in total. The minimum atomic E-state index is -0.406. The Morgan fingerprint density at radius 1 is 1.44 bits per heavy atom. The van der Waals surface area contributed by atoms with Gasteiger partial charge in [-0.2, -0.15) is 5.10 Å². The zero-order valence-electron chi connectivity index (χ0n) is 10.5. The van der Waals surface area contributed by atoms with Crippen LogP contribution < -0.4 is 11.1 Å². The zero-order valence-corrected chi connectivity index (χ0v) is 10.5. The molecular weight excluding hydrogens is 228 g/mol. The minimum absolute atomic E-state index is 0.406. The summed E-state index contributed by atoms with van der Waals surface area (Å²) in [5.74, 6) is -0.406. The predicted molar refractivity (Wildman–Crippen MR) is 70.2 cm³/mol. The van der Waals surface area contributed by atoms with Crippen LogP contribution in [0.4, 0.5) is 5.69 Å². The van der Waals surface area contributed by atoms with E-state index in [-0.39, 0.29) is 0 Å². The first-order valence-corrected chi connectivity index (χ1v) is 5.69. The normalized spacial score (nSPS) is 10.3. The second kappa shape index (κ2) is 4.91. The number of carbonyl (C=O) groups is 1. The van der Waals surface area contributed by atoms with Gasteiger partial charge in [0.2, 0.25) is 5.91 Å². The Labute approximate surface area is 106 Å². The Balaban J connectivity index is 2.17. The molecule has 2 aromatic rings. The number of primary amides is 1. The van der Waals surface area contributed by atoms with E-state index in [1.807, 2.05) is 32.2 Å². The van der Waals surface area contributed by atoms with Crippen LogP contribution in [-0.4, -0.2) is 15.7 Å². The van der Waals surface area contributed by atoms with Crippen LogP contribution in [0.1, 0.15) is 21.6 Å². The van der Waals surface area contributed by atoms with Gasteiger partial charge in [-0.1, -0.05) is 6.07 Å². The number of amides is 1. The van der Waals surface area contributed by atoms with Gasteiger partial charge in [0.05, 0.1) is 12.2 Å². The van der Waals surface area contributed by atoms with Gasteiger partial charge in [0.1, 0.15) is 0 Å². The summed E-state index contributed by atoms with van der Waals surface area (Å²) in [7, 11) is 1.89. The van der Waals surface area contributed by atoms with Crippen LogP contribution in [0.3, 0.4) is 0 Å². The van der Waals surface area contributed by atoms with E-state index >= 15 is 0 Å². The van der Waals surface area contributed by atoms with Gasteiger partial charge in [0, 0.05) is 24.5 Å². The lowest BCUT2D eigenvalue weighted by atomic mass is 10.1. The summed E-state index contributed by atoms with van der Waals surface area (Å²) in [6.07, 6.45) is 1.75. The van der Waals surface area contributed by atoms with E-state index < -0.39 is 5.91 Å². The van der Waals surface area contributed by atoms with Gasteiger partial charge in [-0.05, 0) is 30.7 Å². The van der Waals surface area contributed by atoms with Crippen molar-refractivity contribution in [2.75, 3.05) is 5.32 Å². The van der Waals surface area contributed by atoms with E-state index in [1.165, 1.54) is 0 Å². The first-order valence-electron chi connectivity index (χ1n) is 5.69.